The van der Waals surface area contributed by atoms with Crippen molar-refractivity contribution in [3.63, 3.8) is 0 Å². The predicted molar refractivity (Wildman–Crippen MR) is 39.2 cm³/mol. The second kappa shape index (κ2) is 1.87. The van der Waals surface area contributed by atoms with Crippen LogP contribution in [0.3, 0.4) is 0 Å². The normalized spacial score (nSPS) is 23.1. The highest BCUT2D eigenvalue weighted by Crippen LogP contribution is 2.27. The van der Waals surface area contributed by atoms with E-state index in [0.717, 1.165) is 0 Å². The maximum absolute atomic E-state index is 2.36. The van der Waals surface area contributed by atoms with Gasteiger partial charge < -0.3 is 0 Å². The van der Waals surface area contributed by atoms with Crippen molar-refractivity contribution < 1.29 is 0 Å². The Morgan fingerprint density at radius 1 is 1.11 bits per heavy atom. The predicted octanol–water partition coefficient (Wildman–Crippen LogP) is 2.59. The molecule has 2 aliphatic carbocycles. The summed E-state index contributed by atoms with van der Waals surface area (Å²) in [6, 6.07) is 0. The van der Waals surface area contributed by atoms with Crippen LogP contribution in [0.4, 0.5) is 0 Å². The second-order valence-electron chi connectivity index (χ2n) is 2.57. The van der Waals surface area contributed by atoms with Crippen LogP contribution in [-0.4, -0.2) is 0 Å². The van der Waals surface area contributed by atoms with Crippen molar-refractivity contribution in [3.8, 4) is 0 Å². The quantitative estimate of drug-likeness (QED) is 0.458. The van der Waals surface area contributed by atoms with Gasteiger partial charge in [-0.1, -0.05) is 24.3 Å². The third-order valence-corrected chi connectivity index (χ3v) is 1.93. The maximum Gasteiger partial charge on any atom is -0.00915 e. The van der Waals surface area contributed by atoms with Gasteiger partial charge in [0.1, 0.15) is 0 Å². The fourth-order valence-corrected chi connectivity index (χ4v) is 1.43. The molecule has 0 amide bonds. The van der Waals surface area contributed by atoms with Gasteiger partial charge in [0.05, 0.1) is 0 Å². The average molecular weight is 118 g/mol. The summed E-state index contributed by atoms with van der Waals surface area (Å²) >= 11 is 0. The Bertz CT molecular complexity index is 204. The number of hydrogen-bond donors (Lipinski definition) is 0. The molecule has 0 saturated heterocycles. The van der Waals surface area contributed by atoms with Crippen molar-refractivity contribution in [2.24, 2.45) is 0 Å². The van der Waals surface area contributed by atoms with Crippen LogP contribution in [0.5, 0.6) is 0 Å². The largest absolute Gasteiger partial charge is 0.0801 e. The first-order chi connectivity index (χ1) is 4.47. The van der Waals surface area contributed by atoms with E-state index < -0.39 is 0 Å². The lowest BCUT2D eigenvalue weighted by atomic mass is 10.0. The summed E-state index contributed by atoms with van der Waals surface area (Å²) in [6.07, 6.45) is 12.8. The van der Waals surface area contributed by atoms with Crippen molar-refractivity contribution >= 4 is 0 Å². The van der Waals surface area contributed by atoms with Gasteiger partial charge in [0.2, 0.25) is 0 Å². The molecule has 0 radical (unpaired) electrons. The molecule has 0 spiro atoms. The van der Waals surface area contributed by atoms with E-state index >= 15 is 0 Å². The summed E-state index contributed by atoms with van der Waals surface area (Å²) in [7, 11) is 0. The minimum atomic E-state index is 1.17. The van der Waals surface area contributed by atoms with Gasteiger partial charge >= 0.3 is 0 Å². The molecule has 0 atom stereocenters. The van der Waals surface area contributed by atoms with E-state index in [1.54, 1.807) is 5.57 Å². The molecule has 0 heteroatoms. The first-order valence-electron chi connectivity index (χ1n) is 3.53. The SMILES string of the molecule is C1=CC2=CCCC=C2C1. The lowest BCUT2D eigenvalue weighted by molar-refractivity contribution is 0.997. The average Bonchev–Trinajstić information content (AvgIpc) is 2.33. The fourth-order valence-electron chi connectivity index (χ4n) is 1.43. The Balaban J connectivity index is 2.38. The minimum Gasteiger partial charge on any atom is -0.0801 e. The minimum absolute atomic E-state index is 1.17. The highest BCUT2D eigenvalue weighted by atomic mass is 14.1. The number of allylic oxidation sites excluding steroid dienone is 6. The van der Waals surface area contributed by atoms with Crippen LogP contribution >= 0.6 is 0 Å². The van der Waals surface area contributed by atoms with Gasteiger partial charge in [0.25, 0.3) is 0 Å². The highest BCUT2D eigenvalue weighted by Gasteiger charge is 2.08. The fraction of sp³-hybridized carbons (Fsp3) is 0.333. The summed E-state index contributed by atoms with van der Waals surface area (Å²) < 4.78 is 0. The Morgan fingerprint density at radius 2 is 2.00 bits per heavy atom. The van der Waals surface area contributed by atoms with Crippen molar-refractivity contribution in [1.29, 1.82) is 0 Å². The van der Waals surface area contributed by atoms with Gasteiger partial charge in [0, 0.05) is 0 Å². The molecule has 0 aliphatic heterocycles. The van der Waals surface area contributed by atoms with Crippen LogP contribution in [0.15, 0.2) is 35.5 Å². The molecular weight excluding hydrogens is 108 g/mol. The van der Waals surface area contributed by atoms with E-state index in [4.69, 9.17) is 0 Å². The summed E-state index contributed by atoms with van der Waals surface area (Å²) in [6.45, 7) is 0. The van der Waals surface area contributed by atoms with Crippen molar-refractivity contribution in [2.75, 3.05) is 0 Å². The number of fused-ring (bicyclic) bond motifs is 1. The third kappa shape index (κ3) is 0.748. The van der Waals surface area contributed by atoms with Gasteiger partial charge in [-0.15, -0.1) is 0 Å². The molecule has 0 bridgehead atoms. The zero-order valence-electron chi connectivity index (χ0n) is 5.43. The van der Waals surface area contributed by atoms with E-state index in [2.05, 4.69) is 24.3 Å². The van der Waals surface area contributed by atoms with E-state index in [-0.39, 0.29) is 0 Å². The van der Waals surface area contributed by atoms with Crippen LogP contribution in [0.25, 0.3) is 0 Å². The first kappa shape index (κ1) is 5.04. The zero-order valence-corrected chi connectivity index (χ0v) is 5.43. The molecule has 2 aliphatic rings. The van der Waals surface area contributed by atoms with Gasteiger partial charge in [-0.05, 0) is 30.4 Å². The van der Waals surface area contributed by atoms with Crippen LogP contribution in [0.1, 0.15) is 19.3 Å². The lowest BCUT2D eigenvalue weighted by Gasteiger charge is -2.05. The molecule has 0 N–H and O–H groups in total. The molecule has 2 rings (SSSR count). The smallest absolute Gasteiger partial charge is 0.00915 e. The van der Waals surface area contributed by atoms with Gasteiger partial charge in [0.15, 0.2) is 0 Å². The molecular formula is C9H10. The molecule has 0 unspecified atom stereocenters. The summed E-state index contributed by atoms with van der Waals surface area (Å²) in [5, 5.41) is 0. The molecule has 0 heterocycles. The van der Waals surface area contributed by atoms with Crippen LogP contribution in [0.2, 0.25) is 0 Å². The van der Waals surface area contributed by atoms with Gasteiger partial charge in [-0.25, -0.2) is 0 Å². The van der Waals surface area contributed by atoms with Gasteiger partial charge in [-0.2, -0.15) is 0 Å². The molecule has 0 saturated carbocycles. The summed E-state index contributed by atoms with van der Waals surface area (Å²) in [5.41, 5.74) is 3.02. The Labute approximate surface area is 55.6 Å². The molecule has 0 nitrogen and oxygen atoms in total. The molecule has 0 aromatic carbocycles. The Hall–Kier alpha value is -0.780. The van der Waals surface area contributed by atoms with Crippen molar-refractivity contribution in [1.82, 2.24) is 0 Å². The lowest BCUT2D eigenvalue weighted by Crippen LogP contribution is -1.85. The summed E-state index contributed by atoms with van der Waals surface area (Å²) in [4.78, 5) is 0. The summed E-state index contributed by atoms with van der Waals surface area (Å²) in [5.74, 6) is 0. The second-order valence-corrected chi connectivity index (χ2v) is 2.57. The van der Waals surface area contributed by atoms with Crippen molar-refractivity contribution in [3.05, 3.63) is 35.5 Å². The Kier molecular flexibility index (Phi) is 1.05. The highest BCUT2D eigenvalue weighted by molar-refractivity contribution is 5.47. The van der Waals surface area contributed by atoms with Crippen molar-refractivity contribution in [2.45, 2.75) is 19.3 Å². The Morgan fingerprint density at radius 3 is 2.89 bits per heavy atom. The van der Waals surface area contributed by atoms with Crippen LogP contribution in [0, 0.1) is 0 Å². The number of rotatable bonds is 0. The van der Waals surface area contributed by atoms with Crippen LogP contribution < -0.4 is 0 Å². The van der Waals surface area contributed by atoms with E-state index in [0.29, 0.717) is 0 Å². The van der Waals surface area contributed by atoms with E-state index in [9.17, 15) is 0 Å². The molecule has 46 valence electrons. The maximum atomic E-state index is 2.36. The van der Waals surface area contributed by atoms with E-state index in [1.165, 1.54) is 24.8 Å². The van der Waals surface area contributed by atoms with E-state index in [1.807, 2.05) is 0 Å². The zero-order chi connectivity index (χ0) is 6.10. The number of hydrogen-bond acceptors (Lipinski definition) is 0. The molecule has 0 fully saturated rings. The molecule has 0 aromatic rings. The van der Waals surface area contributed by atoms with Gasteiger partial charge in [-0.3, -0.25) is 0 Å². The monoisotopic (exact) mass is 118 g/mol. The standard InChI is InChI=1S/C9H10/c1-2-5-9-7-3-6-8(9)4-1/h3-6H,1-2,7H2. The first-order valence-corrected chi connectivity index (χ1v) is 3.53. The molecule has 0 aromatic heterocycles. The van der Waals surface area contributed by atoms with Crippen LogP contribution in [-0.2, 0) is 0 Å². The topological polar surface area (TPSA) is 0 Å². The molecule has 9 heavy (non-hydrogen) atoms. The third-order valence-electron chi connectivity index (χ3n) is 1.93.